The third-order valence-corrected chi connectivity index (χ3v) is 4.26. The van der Waals surface area contributed by atoms with Crippen molar-refractivity contribution in [2.75, 3.05) is 17.7 Å². The lowest BCUT2D eigenvalue weighted by molar-refractivity contribution is 0.0697. The van der Waals surface area contributed by atoms with Gasteiger partial charge in [-0.2, -0.15) is 0 Å². The lowest BCUT2D eigenvalue weighted by Gasteiger charge is -2.21. The summed E-state index contributed by atoms with van der Waals surface area (Å²) in [5, 5.41) is 19.3. The summed E-state index contributed by atoms with van der Waals surface area (Å²) in [7, 11) is 1.71. The normalized spacial score (nSPS) is 10.6. The first-order valence-corrected chi connectivity index (χ1v) is 8.11. The van der Waals surface area contributed by atoms with Gasteiger partial charge in [-0.15, -0.1) is 0 Å². The zero-order valence-electron chi connectivity index (χ0n) is 14.8. The van der Waals surface area contributed by atoms with Crippen molar-refractivity contribution in [2.45, 2.75) is 6.92 Å². The second-order valence-corrected chi connectivity index (χ2v) is 6.15. The van der Waals surface area contributed by atoms with Crippen LogP contribution >= 0.6 is 0 Å². The Balaban J connectivity index is 2.04. The molecule has 0 fully saturated rings. The number of aromatic nitrogens is 1. The number of aromatic carboxylic acids is 1. The van der Waals surface area contributed by atoms with Crippen LogP contribution in [0.25, 0.3) is 11.3 Å². The molecule has 0 aliphatic heterocycles. The minimum absolute atomic E-state index is 0.0495. The van der Waals surface area contributed by atoms with Gasteiger partial charge >= 0.3 is 5.97 Å². The van der Waals surface area contributed by atoms with E-state index in [1.54, 1.807) is 30.1 Å². The van der Waals surface area contributed by atoms with Gasteiger partial charge in [-0.05, 0) is 55.0 Å². The van der Waals surface area contributed by atoms with Gasteiger partial charge in [0.25, 0.3) is 0 Å². The molecule has 3 aromatic rings. The Hall–Kier alpha value is -3.61. The van der Waals surface area contributed by atoms with Gasteiger partial charge in [0.15, 0.2) is 0 Å². The monoisotopic (exact) mass is 367 g/mol. The highest BCUT2D eigenvalue weighted by atomic mass is 19.1. The number of anilines is 3. The van der Waals surface area contributed by atoms with Crippen molar-refractivity contribution in [3.63, 3.8) is 0 Å². The van der Waals surface area contributed by atoms with E-state index in [-0.39, 0.29) is 22.9 Å². The van der Waals surface area contributed by atoms with Crippen molar-refractivity contribution >= 4 is 23.2 Å². The molecule has 0 amide bonds. The molecule has 3 rings (SSSR count). The molecule has 0 saturated carbocycles. The van der Waals surface area contributed by atoms with E-state index in [1.807, 2.05) is 13.0 Å². The number of benzene rings is 2. The highest BCUT2D eigenvalue weighted by molar-refractivity contribution is 5.93. The van der Waals surface area contributed by atoms with Crippen LogP contribution in [0.3, 0.4) is 0 Å². The quantitative estimate of drug-likeness (QED) is 0.646. The molecule has 0 aliphatic rings. The summed E-state index contributed by atoms with van der Waals surface area (Å²) >= 11 is 0. The summed E-state index contributed by atoms with van der Waals surface area (Å²) in [6.07, 6.45) is 0. The molecule has 0 atom stereocenters. The molecule has 2 aromatic carbocycles. The van der Waals surface area contributed by atoms with Gasteiger partial charge in [0.1, 0.15) is 22.9 Å². The molecule has 7 heteroatoms. The maximum Gasteiger partial charge on any atom is 0.339 e. The molecule has 0 bridgehead atoms. The summed E-state index contributed by atoms with van der Waals surface area (Å²) in [6, 6.07) is 12.5. The largest absolute Gasteiger partial charge is 0.507 e. The highest BCUT2D eigenvalue weighted by Crippen LogP contribution is 2.35. The molecular formula is C20H18FN3O3. The minimum atomic E-state index is -1.18. The molecule has 0 aliphatic carbocycles. The Labute approximate surface area is 155 Å². The molecule has 138 valence electrons. The lowest BCUT2D eigenvalue weighted by atomic mass is 10.1. The Bertz CT molecular complexity index is 1040. The van der Waals surface area contributed by atoms with Gasteiger partial charge in [0.05, 0.1) is 11.4 Å². The summed E-state index contributed by atoms with van der Waals surface area (Å²) in [4.78, 5) is 16.8. The number of nitrogen functional groups attached to an aromatic ring is 1. The van der Waals surface area contributed by atoms with E-state index >= 15 is 0 Å². The van der Waals surface area contributed by atoms with Crippen molar-refractivity contribution in [2.24, 2.45) is 0 Å². The molecule has 6 nitrogen and oxygen atoms in total. The van der Waals surface area contributed by atoms with E-state index in [0.29, 0.717) is 22.6 Å². The molecule has 1 aromatic heterocycles. The Morgan fingerprint density at radius 1 is 1.15 bits per heavy atom. The van der Waals surface area contributed by atoms with Crippen LogP contribution < -0.4 is 10.6 Å². The van der Waals surface area contributed by atoms with E-state index in [1.165, 1.54) is 24.3 Å². The van der Waals surface area contributed by atoms with Gasteiger partial charge < -0.3 is 20.8 Å². The van der Waals surface area contributed by atoms with Crippen LogP contribution in [-0.2, 0) is 0 Å². The number of carbonyl (C=O) groups is 1. The number of rotatable bonds is 4. The third-order valence-electron chi connectivity index (χ3n) is 4.26. The zero-order valence-corrected chi connectivity index (χ0v) is 14.8. The number of phenolic OH excluding ortho intramolecular Hbond substituents is 1. The van der Waals surface area contributed by atoms with Crippen LogP contribution in [-0.4, -0.2) is 28.2 Å². The van der Waals surface area contributed by atoms with Gasteiger partial charge in [-0.1, -0.05) is 6.07 Å². The predicted molar refractivity (Wildman–Crippen MR) is 102 cm³/mol. The number of phenols is 1. The number of aromatic hydroxyl groups is 1. The first-order valence-electron chi connectivity index (χ1n) is 8.11. The van der Waals surface area contributed by atoms with Gasteiger partial charge in [0, 0.05) is 18.3 Å². The van der Waals surface area contributed by atoms with E-state index in [0.717, 1.165) is 5.56 Å². The fraction of sp³-hybridized carbons (Fsp3) is 0.100. The van der Waals surface area contributed by atoms with E-state index < -0.39 is 5.97 Å². The first kappa shape index (κ1) is 18.2. The third kappa shape index (κ3) is 3.52. The number of hydrogen-bond acceptors (Lipinski definition) is 5. The Kier molecular flexibility index (Phi) is 4.68. The second-order valence-electron chi connectivity index (χ2n) is 6.15. The van der Waals surface area contributed by atoms with Gasteiger partial charge in [-0.25, -0.2) is 14.2 Å². The number of nitrogens with two attached hydrogens (primary N) is 1. The Morgan fingerprint density at radius 2 is 1.89 bits per heavy atom. The second kappa shape index (κ2) is 6.95. The zero-order chi connectivity index (χ0) is 19.7. The first-order chi connectivity index (χ1) is 12.8. The van der Waals surface area contributed by atoms with Crippen molar-refractivity contribution in [1.82, 2.24) is 4.98 Å². The molecule has 1 heterocycles. The van der Waals surface area contributed by atoms with Crippen molar-refractivity contribution in [3.05, 3.63) is 65.5 Å². The molecule has 0 radical (unpaired) electrons. The smallest absolute Gasteiger partial charge is 0.339 e. The van der Waals surface area contributed by atoms with Crippen LogP contribution in [0.5, 0.6) is 5.75 Å². The van der Waals surface area contributed by atoms with E-state index in [9.17, 15) is 14.3 Å². The average molecular weight is 367 g/mol. The van der Waals surface area contributed by atoms with Crippen LogP contribution in [0.15, 0.2) is 48.5 Å². The maximum atomic E-state index is 14.3. The summed E-state index contributed by atoms with van der Waals surface area (Å²) in [6.45, 7) is 1.81. The van der Waals surface area contributed by atoms with Crippen molar-refractivity contribution in [1.29, 1.82) is 0 Å². The maximum absolute atomic E-state index is 14.3. The van der Waals surface area contributed by atoms with E-state index in [2.05, 4.69) is 4.98 Å². The number of nitrogens with zero attached hydrogens (tertiary/aromatic N) is 2. The molecule has 0 saturated heterocycles. The topological polar surface area (TPSA) is 99.7 Å². The molecule has 0 unspecified atom stereocenters. The van der Waals surface area contributed by atoms with Crippen molar-refractivity contribution < 1.29 is 19.4 Å². The van der Waals surface area contributed by atoms with Gasteiger partial charge in [-0.3, -0.25) is 0 Å². The van der Waals surface area contributed by atoms with Crippen LogP contribution in [0.4, 0.5) is 21.6 Å². The number of carboxylic acids is 1. The fourth-order valence-corrected chi connectivity index (χ4v) is 2.77. The average Bonchev–Trinajstić information content (AvgIpc) is 2.61. The lowest BCUT2D eigenvalue weighted by Crippen LogP contribution is -2.11. The SMILES string of the molecule is Cc1ccc(N(C)c2ccc(O)c(-c3ccc(C(=O)O)c(N)n3)c2)c(F)c1. The predicted octanol–water partition coefficient (Wildman–Crippen LogP) is 3.95. The molecule has 27 heavy (non-hydrogen) atoms. The van der Waals surface area contributed by atoms with E-state index in [4.69, 9.17) is 10.8 Å². The fourth-order valence-electron chi connectivity index (χ4n) is 2.77. The molecular weight excluding hydrogens is 349 g/mol. The minimum Gasteiger partial charge on any atom is -0.507 e. The van der Waals surface area contributed by atoms with Crippen molar-refractivity contribution in [3.8, 4) is 17.0 Å². The van der Waals surface area contributed by atoms with Gasteiger partial charge in [0.2, 0.25) is 0 Å². The molecule has 4 N–H and O–H groups in total. The number of aryl methyl sites for hydroxylation is 1. The van der Waals surface area contributed by atoms with Crippen LogP contribution in [0.2, 0.25) is 0 Å². The number of hydrogen-bond donors (Lipinski definition) is 3. The summed E-state index contributed by atoms with van der Waals surface area (Å²) < 4.78 is 14.3. The molecule has 0 spiro atoms. The Morgan fingerprint density at radius 3 is 2.52 bits per heavy atom. The number of carboxylic acid groups (broad SMARTS) is 1. The van der Waals surface area contributed by atoms with Crippen LogP contribution in [0, 0.1) is 12.7 Å². The number of halogens is 1. The number of pyridine rings is 1. The highest BCUT2D eigenvalue weighted by Gasteiger charge is 2.15. The standard InChI is InChI=1S/C20H18FN3O3/c1-11-3-7-17(15(21)9-11)24(2)12-4-8-18(25)14(10-12)16-6-5-13(20(26)27)19(22)23-16/h3-10,25H,1-2H3,(H2,22,23)(H,26,27). The van der Waals surface area contributed by atoms with Crippen LogP contribution in [0.1, 0.15) is 15.9 Å². The summed E-state index contributed by atoms with van der Waals surface area (Å²) in [5.41, 5.74) is 8.07. The summed E-state index contributed by atoms with van der Waals surface area (Å²) in [5.74, 6) is -1.74.